The van der Waals surface area contributed by atoms with Crippen molar-refractivity contribution in [2.24, 2.45) is 4.99 Å². The third kappa shape index (κ3) is 7.11. The average molecular weight is 564 g/mol. The van der Waals surface area contributed by atoms with Gasteiger partial charge in [0.1, 0.15) is 5.75 Å². The number of benzene rings is 3. The number of anilines is 1. The van der Waals surface area contributed by atoms with Gasteiger partial charge in [0.25, 0.3) is 5.91 Å². The molecular formula is C30H31BrN2O2S. The molecule has 3 aromatic rings. The van der Waals surface area contributed by atoms with Crippen LogP contribution in [0.5, 0.6) is 5.75 Å². The van der Waals surface area contributed by atoms with Crippen LogP contribution < -0.4 is 9.64 Å². The minimum atomic E-state index is -0.0947. The second kappa shape index (κ2) is 13.5. The summed E-state index contributed by atoms with van der Waals surface area (Å²) in [7, 11) is 0. The minimum Gasteiger partial charge on any atom is -0.493 e. The van der Waals surface area contributed by atoms with Crippen LogP contribution in [0.25, 0.3) is 6.08 Å². The second-order valence-corrected chi connectivity index (χ2v) is 10.5. The van der Waals surface area contributed by atoms with Gasteiger partial charge in [0.15, 0.2) is 5.17 Å². The van der Waals surface area contributed by atoms with E-state index in [0.717, 1.165) is 33.6 Å². The molecule has 0 bridgehead atoms. The summed E-state index contributed by atoms with van der Waals surface area (Å²) in [6.45, 7) is 2.90. The van der Waals surface area contributed by atoms with Crippen LogP contribution in [0, 0.1) is 0 Å². The molecule has 0 aliphatic carbocycles. The fourth-order valence-corrected chi connectivity index (χ4v) is 5.31. The smallest absolute Gasteiger partial charge is 0.271 e. The van der Waals surface area contributed by atoms with Gasteiger partial charge < -0.3 is 4.74 Å². The Morgan fingerprint density at radius 2 is 1.61 bits per heavy atom. The Balaban J connectivity index is 1.57. The van der Waals surface area contributed by atoms with E-state index < -0.39 is 0 Å². The molecule has 3 aromatic carbocycles. The lowest BCUT2D eigenvalue weighted by molar-refractivity contribution is -0.113. The first-order chi connectivity index (χ1) is 17.7. The molecule has 1 saturated heterocycles. The highest BCUT2D eigenvalue weighted by Gasteiger charge is 2.35. The zero-order valence-corrected chi connectivity index (χ0v) is 22.9. The predicted molar refractivity (Wildman–Crippen MR) is 156 cm³/mol. The maximum absolute atomic E-state index is 13.6. The number of carbonyl (C=O) groups is 1. The van der Waals surface area contributed by atoms with Crippen molar-refractivity contribution in [1.29, 1.82) is 0 Å². The summed E-state index contributed by atoms with van der Waals surface area (Å²) in [6, 6.07) is 25.3. The van der Waals surface area contributed by atoms with Gasteiger partial charge in [-0.1, -0.05) is 91.4 Å². The zero-order valence-electron chi connectivity index (χ0n) is 20.5. The van der Waals surface area contributed by atoms with Gasteiger partial charge in [-0.05, 0) is 66.7 Å². The Hall–Kier alpha value is -2.83. The van der Waals surface area contributed by atoms with Crippen molar-refractivity contribution < 1.29 is 9.53 Å². The van der Waals surface area contributed by atoms with Gasteiger partial charge in [0, 0.05) is 10.0 Å². The highest BCUT2D eigenvalue weighted by Crippen LogP contribution is 2.38. The maximum Gasteiger partial charge on any atom is 0.271 e. The first-order valence-electron chi connectivity index (χ1n) is 12.5. The number of rotatable bonds is 11. The Bertz CT molecular complexity index is 1210. The number of hydrogen-bond donors (Lipinski definition) is 0. The number of carbonyl (C=O) groups excluding carboxylic acids is 1. The summed E-state index contributed by atoms with van der Waals surface area (Å²) < 4.78 is 7.09. The van der Waals surface area contributed by atoms with Gasteiger partial charge in [0.05, 0.1) is 22.9 Å². The van der Waals surface area contributed by atoms with Gasteiger partial charge in [-0.25, -0.2) is 4.99 Å². The number of nitrogens with zero attached hydrogens (tertiary/aromatic N) is 2. The summed E-state index contributed by atoms with van der Waals surface area (Å²) in [4.78, 5) is 20.7. The van der Waals surface area contributed by atoms with Gasteiger partial charge in [-0.15, -0.1) is 0 Å². The number of hydrogen-bond acceptors (Lipinski definition) is 4. The molecule has 0 aromatic heterocycles. The number of para-hydroxylation sites is 2. The minimum absolute atomic E-state index is 0.0947. The number of ether oxygens (including phenoxy) is 1. The number of unbranched alkanes of at least 4 members (excludes halogenated alkanes) is 5. The second-order valence-electron chi connectivity index (χ2n) is 8.62. The highest BCUT2D eigenvalue weighted by molar-refractivity contribution is 9.10. The molecule has 4 nitrogen and oxygen atoms in total. The molecule has 1 heterocycles. The van der Waals surface area contributed by atoms with Crippen molar-refractivity contribution >= 4 is 56.2 Å². The third-order valence-corrected chi connectivity index (χ3v) is 7.28. The fraction of sp³-hybridized carbons (Fsp3) is 0.267. The van der Waals surface area contributed by atoms with E-state index in [0.29, 0.717) is 16.7 Å². The quantitative estimate of drug-likeness (QED) is 0.173. The first-order valence-corrected chi connectivity index (χ1v) is 14.1. The Morgan fingerprint density at radius 3 is 2.36 bits per heavy atom. The van der Waals surface area contributed by atoms with Gasteiger partial charge in [0.2, 0.25) is 0 Å². The summed E-state index contributed by atoms with van der Waals surface area (Å²) in [5.74, 6) is 0.690. The van der Waals surface area contributed by atoms with Gasteiger partial charge >= 0.3 is 0 Å². The largest absolute Gasteiger partial charge is 0.493 e. The molecule has 0 saturated carbocycles. The molecule has 1 amide bonds. The molecule has 0 radical (unpaired) electrons. The van der Waals surface area contributed by atoms with E-state index in [1.165, 1.54) is 43.9 Å². The van der Waals surface area contributed by atoms with Crippen molar-refractivity contribution in [1.82, 2.24) is 0 Å². The molecule has 1 aliphatic rings. The van der Waals surface area contributed by atoms with Crippen LogP contribution in [0.2, 0.25) is 0 Å². The molecule has 186 valence electrons. The first kappa shape index (κ1) is 26.2. The van der Waals surface area contributed by atoms with Crippen molar-refractivity contribution in [2.75, 3.05) is 11.5 Å². The van der Waals surface area contributed by atoms with Crippen LogP contribution in [0.3, 0.4) is 0 Å². The number of amidine groups is 1. The predicted octanol–water partition coefficient (Wildman–Crippen LogP) is 9.00. The molecule has 6 heteroatoms. The lowest BCUT2D eigenvalue weighted by Crippen LogP contribution is -2.28. The van der Waals surface area contributed by atoms with Crippen LogP contribution in [-0.2, 0) is 4.79 Å². The van der Waals surface area contributed by atoms with E-state index in [2.05, 4.69) is 22.9 Å². The van der Waals surface area contributed by atoms with Crippen molar-refractivity contribution in [2.45, 2.75) is 45.4 Å². The van der Waals surface area contributed by atoms with E-state index >= 15 is 0 Å². The number of aliphatic imine (C=N–C) groups is 1. The van der Waals surface area contributed by atoms with Gasteiger partial charge in [-0.2, -0.15) is 0 Å². The van der Waals surface area contributed by atoms with Crippen LogP contribution in [0.4, 0.5) is 11.4 Å². The normalized spacial score (nSPS) is 15.7. The number of thioether (sulfide) groups is 1. The molecule has 0 spiro atoms. The Morgan fingerprint density at radius 1 is 0.917 bits per heavy atom. The van der Waals surface area contributed by atoms with Crippen molar-refractivity contribution in [3.63, 3.8) is 0 Å². The van der Waals surface area contributed by atoms with Crippen molar-refractivity contribution in [3.05, 3.63) is 93.8 Å². The number of amides is 1. The van der Waals surface area contributed by atoms with E-state index in [4.69, 9.17) is 9.73 Å². The Kier molecular flexibility index (Phi) is 9.82. The van der Waals surface area contributed by atoms with Crippen LogP contribution >= 0.6 is 27.7 Å². The zero-order chi connectivity index (χ0) is 25.2. The van der Waals surface area contributed by atoms with Crippen LogP contribution in [0.1, 0.15) is 51.0 Å². The summed E-state index contributed by atoms with van der Waals surface area (Å²) >= 11 is 4.95. The van der Waals surface area contributed by atoms with Crippen molar-refractivity contribution in [3.8, 4) is 5.75 Å². The van der Waals surface area contributed by atoms with E-state index in [9.17, 15) is 4.79 Å². The van der Waals surface area contributed by atoms with Gasteiger partial charge in [-0.3, -0.25) is 9.69 Å². The molecule has 0 N–H and O–H groups in total. The third-order valence-electron chi connectivity index (χ3n) is 5.82. The SMILES string of the molecule is CCCCCCCCOc1ccc(Br)cc1/C=C1/SC(=Nc2ccccc2)N(c2ccccc2)C1=O. The van der Waals surface area contributed by atoms with E-state index in [1.54, 1.807) is 4.90 Å². The fourth-order valence-electron chi connectivity index (χ4n) is 3.94. The maximum atomic E-state index is 13.6. The molecule has 1 aliphatic heterocycles. The van der Waals surface area contributed by atoms with E-state index in [-0.39, 0.29) is 5.91 Å². The molecule has 4 rings (SSSR count). The van der Waals surface area contributed by atoms with Crippen LogP contribution in [0.15, 0.2) is 93.2 Å². The standard InChI is InChI=1S/C30H31BrN2O2S/c1-2-3-4-5-6-13-20-35-27-19-18-24(31)21-23(27)22-28-29(34)33(26-16-11-8-12-17-26)30(36-28)32-25-14-9-7-10-15-25/h7-12,14-19,21-22H,2-6,13,20H2,1H3/b28-22+,32-30?. The highest BCUT2D eigenvalue weighted by atomic mass is 79.9. The molecule has 36 heavy (non-hydrogen) atoms. The Labute approximate surface area is 226 Å². The average Bonchev–Trinajstić information content (AvgIpc) is 3.19. The molecule has 0 unspecified atom stereocenters. The molecule has 1 fully saturated rings. The monoisotopic (exact) mass is 562 g/mol. The topological polar surface area (TPSA) is 41.9 Å². The number of halogens is 1. The van der Waals surface area contributed by atoms with Crippen LogP contribution in [-0.4, -0.2) is 17.7 Å². The lowest BCUT2D eigenvalue weighted by Gasteiger charge is -2.15. The molecular weight excluding hydrogens is 532 g/mol. The summed E-state index contributed by atoms with van der Waals surface area (Å²) in [6.07, 6.45) is 9.20. The molecule has 0 atom stereocenters. The van der Waals surface area contributed by atoms with E-state index in [1.807, 2.05) is 84.9 Å². The summed E-state index contributed by atoms with van der Waals surface area (Å²) in [5, 5.41) is 0.633. The lowest BCUT2D eigenvalue weighted by atomic mass is 10.1. The summed E-state index contributed by atoms with van der Waals surface area (Å²) in [5.41, 5.74) is 2.47.